The van der Waals surface area contributed by atoms with Crippen LogP contribution in [0.2, 0.25) is 0 Å². The van der Waals surface area contributed by atoms with Crippen LogP contribution in [0, 0.1) is 5.92 Å². The van der Waals surface area contributed by atoms with Gasteiger partial charge in [0.15, 0.2) is 0 Å². The van der Waals surface area contributed by atoms with Crippen molar-refractivity contribution in [3.05, 3.63) is 0 Å². The van der Waals surface area contributed by atoms with E-state index in [0.29, 0.717) is 45.6 Å². The number of piperidine rings is 1. The molecule has 0 spiro atoms. The summed E-state index contributed by atoms with van der Waals surface area (Å²) in [6.45, 7) is 18.1. The van der Waals surface area contributed by atoms with Gasteiger partial charge in [0.1, 0.15) is 0 Å². The minimum Gasteiger partial charge on any atom is -0.378 e. The molecule has 1 aliphatic rings. The maximum atomic E-state index is 11.4. The maximum Gasteiger partial charge on any atom is 0.222 e. The van der Waals surface area contributed by atoms with Crippen LogP contribution in [-0.4, -0.2) is 88.2 Å². The molecule has 0 bridgehead atoms. The first-order valence-corrected chi connectivity index (χ1v) is 11.9. The first-order chi connectivity index (χ1) is 14.4. The Morgan fingerprint density at radius 1 is 0.967 bits per heavy atom. The van der Waals surface area contributed by atoms with Crippen molar-refractivity contribution in [1.82, 2.24) is 15.5 Å². The fourth-order valence-electron chi connectivity index (χ4n) is 3.43. The average Bonchev–Trinajstić information content (AvgIpc) is 2.75. The van der Waals surface area contributed by atoms with Gasteiger partial charge in [-0.3, -0.25) is 4.79 Å². The minimum atomic E-state index is 0.0140. The second kappa shape index (κ2) is 16.0. The zero-order chi connectivity index (χ0) is 22.2. The molecular weight excluding hydrogens is 382 g/mol. The number of nitrogens with zero attached hydrogens (tertiary/aromatic N) is 1. The third-order valence-corrected chi connectivity index (χ3v) is 6.07. The molecule has 1 heterocycles. The van der Waals surface area contributed by atoms with Crippen LogP contribution in [0.25, 0.3) is 0 Å². The Balaban J connectivity index is 1.89. The molecule has 0 radical (unpaired) electrons. The van der Waals surface area contributed by atoms with E-state index in [1.54, 1.807) is 0 Å². The number of hydrogen-bond donors (Lipinski definition) is 2. The first kappa shape index (κ1) is 27.3. The van der Waals surface area contributed by atoms with Gasteiger partial charge in [0.2, 0.25) is 5.91 Å². The highest BCUT2D eigenvalue weighted by Crippen LogP contribution is 2.19. The molecule has 7 heteroatoms. The van der Waals surface area contributed by atoms with Crippen LogP contribution >= 0.6 is 0 Å². The maximum absolute atomic E-state index is 11.4. The topological polar surface area (TPSA) is 72.1 Å². The molecule has 1 aliphatic heterocycles. The Morgan fingerprint density at radius 3 is 2.03 bits per heavy atom. The fraction of sp³-hybridized carbons (Fsp3) is 0.957. The summed E-state index contributed by atoms with van der Waals surface area (Å²) in [7, 11) is 0. The largest absolute Gasteiger partial charge is 0.378 e. The van der Waals surface area contributed by atoms with Crippen molar-refractivity contribution in [3.63, 3.8) is 0 Å². The van der Waals surface area contributed by atoms with E-state index in [9.17, 15) is 4.79 Å². The summed E-state index contributed by atoms with van der Waals surface area (Å²) in [5, 5.41) is 6.69. The fourth-order valence-corrected chi connectivity index (χ4v) is 3.43. The highest BCUT2D eigenvalue weighted by Gasteiger charge is 2.26. The summed E-state index contributed by atoms with van der Waals surface area (Å²) < 4.78 is 16.6. The lowest BCUT2D eigenvalue weighted by Gasteiger charge is -2.38. The Labute approximate surface area is 184 Å². The van der Waals surface area contributed by atoms with Crippen LogP contribution in [0.15, 0.2) is 0 Å². The lowest BCUT2D eigenvalue weighted by Crippen LogP contribution is -2.51. The summed E-state index contributed by atoms with van der Waals surface area (Å²) in [5.74, 6) is 0.0733. The van der Waals surface area contributed by atoms with Gasteiger partial charge >= 0.3 is 0 Å². The van der Waals surface area contributed by atoms with Crippen LogP contribution in [0.3, 0.4) is 0 Å². The van der Waals surface area contributed by atoms with Gasteiger partial charge in [-0.1, -0.05) is 27.7 Å². The van der Waals surface area contributed by atoms with Crippen molar-refractivity contribution >= 4 is 5.91 Å². The normalized spacial score (nSPS) is 16.3. The Bertz CT molecular complexity index is 436. The zero-order valence-electron chi connectivity index (χ0n) is 20.1. The summed E-state index contributed by atoms with van der Waals surface area (Å²) in [6.07, 6.45) is 4.81. The van der Waals surface area contributed by atoms with E-state index in [4.69, 9.17) is 14.2 Å². The molecule has 0 atom stereocenters. The Hall–Kier alpha value is -0.730. The number of ether oxygens (including phenoxy) is 3. The summed E-state index contributed by atoms with van der Waals surface area (Å²) in [5.41, 5.74) is 0.282. The molecule has 0 aliphatic carbocycles. The van der Waals surface area contributed by atoms with Gasteiger partial charge in [-0.05, 0) is 45.7 Å². The molecule has 178 valence electrons. The standard InChI is InChI=1S/C23H47N3O4/c1-6-23(5,7-2)25-21-8-11-26(12-9-21)13-15-29-17-19-30-18-16-28-14-10-24-22(27)20(3)4/h20-21,25H,6-19H2,1-5H3,(H,24,27). The molecule has 1 fully saturated rings. The highest BCUT2D eigenvalue weighted by molar-refractivity contribution is 5.77. The monoisotopic (exact) mass is 429 g/mol. The molecule has 0 aromatic carbocycles. The van der Waals surface area contributed by atoms with Crippen LogP contribution in [0.5, 0.6) is 0 Å². The second-order valence-electron chi connectivity index (χ2n) is 8.81. The molecule has 30 heavy (non-hydrogen) atoms. The van der Waals surface area contributed by atoms with Gasteiger partial charge in [-0.2, -0.15) is 0 Å². The van der Waals surface area contributed by atoms with E-state index < -0.39 is 0 Å². The molecule has 7 nitrogen and oxygen atoms in total. The van der Waals surface area contributed by atoms with Gasteiger partial charge in [-0.25, -0.2) is 0 Å². The van der Waals surface area contributed by atoms with Crippen molar-refractivity contribution in [1.29, 1.82) is 0 Å². The summed E-state index contributed by atoms with van der Waals surface area (Å²) in [6, 6.07) is 0.647. The zero-order valence-corrected chi connectivity index (χ0v) is 20.1. The molecule has 0 aromatic rings. The van der Waals surface area contributed by atoms with Crippen LogP contribution in [0.4, 0.5) is 0 Å². The van der Waals surface area contributed by atoms with E-state index in [1.165, 1.54) is 25.7 Å². The molecule has 2 N–H and O–H groups in total. The molecule has 0 aromatic heterocycles. The lowest BCUT2D eigenvalue weighted by molar-refractivity contribution is -0.124. The van der Waals surface area contributed by atoms with Crippen molar-refractivity contribution in [2.75, 3.05) is 65.8 Å². The van der Waals surface area contributed by atoms with Gasteiger partial charge in [-0.15, -0.1) is 0 Å². The molecule has 0 saturated carbocycles. The van der Waals surface area contributed by atoms with E-state index in [1.807, 2.05) is 13.8 Å². The molecular formula is C23H47N3O4. The number of likely N-dealkylation sites (tertiary alicyclic amines) is 1. The third kappa shape index (κ3) is 12.2. The number of nitrogens with one attached hydrogen (secondary N) is 2. The van der Waals surface area contributed by atoms with Crippen LogP contribution in [-0.2, 0) is 19.0 Å². The second-order valence-corrected chi connectivity index (χ2v) is 8.81. The average molecular weight is 430 g/mol. The van der Waals surface area contributed by atoms with E-state index in [2.05, 4.69) is 36.3 Å². The SMILES string of the molecule is CCC(C)(CC)NC1CCN(CCOCCOCCOCCNC(=O)C(C)C)CC1. The smallest absolute Gasteiger partial charge is 0.222 e. The van der Waals surface area contributed by atoms with Crippen molar-refractivity contribution < 1.29 is 19.0 Å². The van der Waals surface area contributed by atoms with E-state index in [0.717, 1.165) is 26.2 Å². The van der Waals surface area contributed by atoms with E-state index >= 15 is 0 Å². The number of hydrogen-bond acceptors (Lipinski definition) is 6. The Morgan fingerprint density at radius 2 is 1.50 bits per heavy atom. The van der Waals surface area contributed by atoms with Gasteiger partial charge in [0, 0.05) is 30.6 Å². The number of carbonyl (C=O) groups is 1. The predicted molar refractivity (Wildman–Crippen MR) is 122 cm³/mol. The van der Waals surface area contributed by atoms with Gasteiger partial charge in [0.25, 0.3) is 0 Å². The minimum absolute atomic E-state index is 0.0140. The molecule has 1 rings (SSSR count). The summed E-state index contributed by atoms with van der Waals surface area (Å²) >= 11 is 0. The van der Waals surface area contributed by atoms with Gasteiger partial charge in [0.05, 0.1) is 39.6 Å². The predicted octanol–water partition coefficient (Wildman–Crippen LogP) is 2.44. The number of amides is 1. The van der Waals surface area contributed by atoms with Crippen molar-refractivity contribution in [2.24, 2.45) is 5.92 Å². The molecule has 1 amide bonds. The highest BCUT2D eigenvalue weighted by atomic mass is 16.5. The van der Waals surface area contributed by atoms with Crippen LogP contribution in [0.1, 0.15) is 60.3 Å². The molecule has 1 saturated heterocycles. The number of rotatable bonds is 17. The van der Waals surface area contributed by atoms with Crippen molar-refractivity contribution in [2.45, 2.75) is 71.9 Å². The lowest BCUT2D eigenvalue weighted by atomic mass is 9.92. The quantitative estimate of drug-likeness (QED) is 0.346. The Kier molecular flexibility index (Phi) is 14.5. The number of carbonyl (C=O) groups excluding carboxylic acids is 1. The summed E-state index contributed by atoms with van der Waals surface area (Å²) in [4.78, 5) is 13.9. The van der Waals surface area contributed by atoms with Crippen LogP contribution < -0.4 is 10.6 Å². The third-order valence-electron chi connectivity index (χ3n) is 6.07. The van der Waals surface area contributed by atoms with Gasteiger partial charge < -0.3 is 29.7 Å². The molecule has 0 unspecified atom stereocenters. The van der Waals surface area contributed by atoms with E-state index in [-0.39, 0.29) is 17.4 Å². The van der Waals surface area contributed by atoms with Crippen molar-refractivity contribution in [3.8, 4) is 0 Å². The first-order valence-electron chi connectivity index (χ1n) is 11.9.